The van der Waals surface area contributed by atoms with Gasteiger partial charge in [-0.05, 0) is 43.3 Å². The first kappa shape index (κ1) is 18.3. The summed E-state index contributed by atoms with van der Waals surface area (Å²) >= 11 is 12.1. The Hall–Kier alpha value is -2.50. The van der Waals surface area contributed by atoms with Crippen molar-refractivity contribution in [1.82, 2.24) is 10.3 Å². The number of rotatable bonds is 5. The second-order valence-electron chi connectivity index (χ2n) is 5.71. The average Bonchev–Trinajstić information content (AvgIpc) is 3.11. The van der Waals surface area contributed by atoms with Crippen molar-refractivity contribution in [3.8, 4) is 11.3 Å². The van der Waals surface area contributed by atoms with Crippen LogP contribution in [0.2, 0.25) is 10.0 Å². The summed E-state index contributed by atoms with van der Waals surface area (Å²) in [6.45, 7) is 1.92. The van der Waals surface area contributed by atoms with Crippen LogP contribution in [0.1, 0.15) is 29.2 Å². The number of halogens is 2. The van der Waals surface area contributed by atoms with E-state index in [0.29, 0.717) is 27.3 Å². The number of oxazole rings is 1. The van der Waals surface area contributed by atoms with Crippen LogP contribution in [0.15, 0.2) is 53.1 Å². The van der Waals surface area contributed by atoms with Crippen LogP contribution in [-0.4, -0.2) is 17.9 Å². The number of aromatic nitrogens is 1. The Balaban J connectivity index is 1.78. The van der Waals surface area contributed by atoms with Crippen molar-refractivity contribution >= 4 is 34.8 Å². The van der Waals surface area contributed by atoms with Crippen molar-refractivity contribution in [1.29, 1.82) is 0 Å². The van der Waals surface area contributed by atoms with Crippen molar-refractivity contribution in [2.75, 3.05) is 12.4 Å². The normalized spacial score (nSPS) is 11.8. The topological polar surface area (TPSA) is 67.2 Å². The molecule has 7 heteroatoms. The number of nitrogens with zero attached hydrogens (tertiary/aromatic N) is 1. The molecule has 1 aromatic heterocycles. The number of nitrogens with one attached hydrogen (secondary N) is 2. The predicted octanol–water partition coefficient (Wildman–Crippen LogP) is 5.18. The molecule has 2 aromatic carbocycles. The number of carbonyl (C=O) groups excluding carboxylic acids is 1. The Morgan fingerprint density at radius 3 is 2.73 bits per heavy atom. The maximum atomic E-state index is 11.7. The van der Waals surface area contributed by atoms with Crippen LogP contribution in [-0.2, 0) is 0 Å². The van der Waals surface area contributed by atoms with Gasteiger partial charge in [0.15, 0.2) is 5.76 Å². The standard InChI is InChI=1S/C19H17Cl2N3O2/c1-11(24-14-5-3-4-12(8-14)18(25)22-2)19-23-10-17(26-19)15-7-6-13(20)9-16(15)21/h3-11,24H,1-2H3,(H,22,25)/t11-/m1/s1. The molecule has 0 spiro atoms. The number of benzene rings is 2. The summed E-state index contributed by atoms with van der Waals surface area (Å²) in [6.07, 6.45) is 1.63. The molecule has 134 valence electrons. The average molecular weight is 390 g/mol. The van der Waals surface area contributed by atoms with Gasteiger partial charge in [-0.1, -0.05) is 29.3 Å². The van der Waals surface area contributed by atoms with Gasteiger partial charge >= 0.3 is 0 Å². The number of carbonyl (C=O) groups is 1. The Morgan fingerprint density at radius 2 is 2.00 bits per heavy atom. The van der Waals surface area contributed by atoms with E-state index in [-0.39, 0.29) is 11.9 Å². The van der Waals surface area contributed by atoms with E-state index >= 15 is 0 Å². The van der Waals surface area contributed by atoms with Gasteiger partial charge in [0.2, 0.25) is 5.89 Å². The summed E-state index contributed by atoms with van der Waals surface area (Å²) in [6, 6.07) is 12.2. The molecule has 5 nitrogen and oxygen atoms in total. The van der Waals surface area contributed by atoms with Gasteiger partial charge in [0.1, 0.15) is 6.04 Å². The fourth-order valence-corrected chi connectivity index (χ4v) is 3.01. The summed E-state index contributed by atoms with van der Waals surface area (Å²) in [5.74, 6) is 0.933. The third-order valence-electron chi connectivity index (χ3n) is 3.83. The summed E-state index contributed by atoms with van der Waals surface area (Å²) in [7, 11) is 1.60. The van der Waals surface area contributed by atoms with Gasteiger partial charge in [-0.15, -0.1) is 0 Å². The Kier molecular flexibility index (Phi) is 5.49. The number of amides is 1. The van der Waals surface area contributed by atoms with Crippen LogP contribution in [0, 0.1) is 0 Å². The van der Waals surface area contributed by atoms with E-state index in [0.717, 1.165) is 11.3 Å². The maximum absolute atomic E-state index is 11.7. The summed E-state index contributed by atoms with van der Waals surface area (Å²) in [5, 5.41) is 6.94. The van der Waals surface area contributed by atoms with E-state index in [1.807, 2.05) is 19.1 Å². The van der Waals surface area contributed by atoms with Crippen LogP contribution < -0.4 is 10.6 Å². The zero-order valence-corrected chi connectivity index (χ0v) is 15.7. The first-order valence-electron chi connectivity index (χ1n) is 7.97. The first-order valence-corrected chi connectivity index (χ1v) is 8.73. The third-order valence-corrected chi connectivity index (χ3v) is 4.37. The SMILES string of the molecule is CNC(=O)c1cccc(N[C@H](C)c2ncc(-c3ccc(Cl)cc3Cl)o2)c1. The molecule has 1 heterocycles. The molecule has 0 fully saturated rings. The van der Waals surface area contributed by atoms with Gasteiger partial charge in [-0.25, -0.2) is 4.98 Å². The molecule has 0 aliphatic carbocycles. The molecule has 0 radical (unpaired) electrons. The van der Waals surface area contributed by atoms with Crippen molar-refractivity contribution in [3.05, 3.63) is 70.2 Å². The number of hydrogen-bond donors (Lipinski definition) is 2. The number of hydrogen-bond acceptors (Lipinski definition) is 4. The molecule has 0 saturated carbocycles. The summed E-state index contributed by atoms with van der Waals surface area (Å²) in [5.41, 5.74) is 2.09. The van der Waals surface area contributed by atoms with Gasteiger partial charge in [0, 0.05) is 28.9 Å². The van der Waals surface area contributed by atoms with Crippen molar-refractivity contribution in [3.63, 3.8) is 0 Å². The molecular weight excluding hydrogens is 373 g/mol. The van der Waals surface area contributed by atoms with E-state index in [4.69, 9.17) is 27.6 Å². The van der Waals surface area contributed by atoms with E-state index in [1.54, 1.807) is 43.6 Å². The lowest BCUT2D eigenvalue weighted by Crippen LogP contribution is -2.18. The van der Waals surface area contributed by atoms with E-state index in [2.05, 4.69) is 15.6 Å². The molecule has 0 unspecified atom stereocenters. The summed E-state index contributed by atoms with van der Waals surface area (Å²) in [4.78, 5) is 16.1. The lowest BCUT2D eigenvalue weighted by atomic mass is 10.1. The van der Waals surface area contributed by atoms with Crippen LogP contribution in [0.5, 0.6) is 0 Å². The molecule has 2 N–H and O–H groups in total. The zero-order valence-electron chi connectivity index (χ0n) is 14.2. The van der Waals surface area contributed by atoms with Crippen molar-refractivity contribution < 1.29 is 9.21 Å². The lowest BCUT2D eigenvalue weighted by molar-refractivity contribution is 0.0963. The number of anilines is 1. The Labute approximate surface area is 161 Å². The van der Waals surface area contributed by atoms with E-state index in [9.17, 15) is 4.79 Å². The highest BCUT2D eigenvalue weighted by atomic mass is 35.5. The maximum Gasteiger partial charge on any atom is 0.251 e. The quantitative estimate of drug-likeness (QED) is 0.630. The lowest BCUT2D eigenvalue weighted by Gasteiger charge is -2.13. The van der Waals surface area contributed by atoms with Gasteiger partial charge in [-0.2, -0.15) is 0 Å². The van der Waals surface area contributed by atoms with Crippen LogP contribution >= 0.6 is 23.2 Å². The Bertz CT molecular complexity index is 940. The molecule has 0 aliphatic rings. The summed E-state index contributed by atoms with van der Waals surface area (Å²) < 4.78 is 5.84. The highest BCUT2D eigenvalue weighted by Crippen LogP contribution is 2.32. The van der Waals surface area contributed by atoms with Gasteiger partial charge in [0.05, 0.1) is 11.2 Å². The van der Waals surface area contributed by atoms with E-state index in [1.165, 1.54) is 0 Å². The van der Waals surface area contributed by atoms with Crippen LogP contribution in [0.25, 0.3) is 11.3 Å². The smallest absolute Gasteiger partial charge is 0.251 e. The molecule has 1 atom stereocenters. The zero-order chi connectivity index (χ0) is 18.7. The molecule has 1 amide bonds. The Morgan fingerprint density at radius 1 is 1.19 bits per heavy atom. The molecule has 0 bridgehead atoms. The fourth-order valence-electron chi connectivity index (χ4n) is 2.51. The molecule has 3 aromatic rings. The highest BCUT2D eigenvalue weighted by molar-refractivity contribution is 6.36. The monoisotopic (exact) mass is 389 g/mol. The largest absolute Gasteiger partial charge is 0.438 e. The second-order valence-corrected chi connectivity index (χ2v) is 6.56. The fraction of sp³-hybridized carbons (Fsp3) is 0.158. The van der Waals surface area contributed by atoms with Crippen LogP contribution in [0.4, 0.5) is 5.69 Å². The molecule has 3 rings (SSSR count). The minimum atomic E-state index is -0.199. The van der Waals surface area contributed by atoms with Gasteiger partial charge in [0.25, 0.3) is 5.91 Å². The van der Waals surface area contributed by atoms with Gasteiger partial charge in [-0.3, -0.25) is 4.79 Å². The second kappa shape index (κ2) is 7.81. The molecule has 0 aliphatic heterocycles. The minimum Gasteiger partial charge on any atom is -0.438 e. The molecule has 0 saturated heterocycles. The van der Waals surface area contributed by atoms with Gasteiger partial charge < -0.3 is 15.1 Å². The van der Waals surface area contributed by atoms with Crippen LogP contribution in [0.3, 0.4) is 0 Å². The predicted molar refractivity (Wildman–Crippen MR) is 104 cm³/mol. The molecular formula is C19H17Cl2N3O2. The van der Waals surface area contributed by atoms with Crippen molar-refractivity contribution in [2.45, 2.75) is 13.0 Å². The highest BCUT2D eigenvalue weighted by Gasteiger charge is 2.15. The first-order chi connectivity index (χ1) is 12.5. The third kappa shape index (κ3) is 4.00. The minimum absolute atomic E-state index is 0.142. The molecule has 26 heavy (non-hydrogen) atoms. The van der Waals surface area contributed by atoms with E-state index < -0.39 is 0 Å². The van der Waals surface area contributed by atoms with Crippen molar-refractivity contribution in [2.24, 2.45) is 0 Å².